The average molecular weight is 306 g/mol. The fourth-order valence-corrected chi connectivity index (χ4v) is 2.71. The molecule has 5 heteroatoms. The minimum atomic E-state index is 0.0103. The van der Waals surface area contributed by atoms with Crippen LogP contribution in [0, 0.1) is 0 Å². The number of rotatable bonds is 1. The van der Waals surface area contributed by atoms with Crippen molar-refractivity contribution in [1.29, 1.82) is 0 Å². The first-order valence-electron chi connectivity index (χ1n) is 5.75. The van der Waals surface area contributed by atoms with Gasteiger partial charge in [0.25, 0.3) is 5.91 Å². The molecule has 0 aliphatic carbocycles. The molecule has 18 heavy (non-hydrogen) atoms. The quantitative estimate of drug-likeness (QED) is 0.811. The monoisotopic (exact) mass is 305 g/mol. The molecule has 3 rings (SSSR count). The van der Waals surface area contributed by atoms with Crippen LogP contribution >= 0.6 is 15.9 Å². The third-order valence-corrected chi connectivity index (χ3v) is 3.72. The third kappa shape index (κ3) is 1.75. The SMILES string of the molecule is Cn1nccc1C(=O)N1CCc2cc(Br)ccc21. The van der Waals surface area contributed by atoms with Crippen LogP contribution in [0.5, 0.6) is 0 Å². The molecular weight excluding hydrogens is 294 g/mol. The van der Waals surface area contributed by atoms with Crippen molar-refractivity contribution in [2.24, 2.45) is 7.05 Å². The zero-order valence-electron chi connectivity index (χ0n) is 9.93. The van der Waals surface area contributed by atoms with Crippen LogP contribution in [0.4, 0.5) is 5.69 Å². The maximum atomic E-state index is 12.4. The highest BCUT2D eigenvalue weighted by Crippen LogP contribution is 2.31. The smallest absolute Gasteiger partial charge is 0.276 e. The van der Waals surface area contributed by atoms with Gasteiger partial charge < -0.3 is 4.90 Å². The lowest BCUT2D eigenvalue weighted by atomic mass is 10.2. The minimum Gasteiger partial charge on any atom is -0.306 e. The Morgan fingerprint density at radius 3 is 2.94 bits per heavy atom. The first-order valence-corrected chi connectivity index (χ1v) is 6.54. The molecule has 1 aliphatic heterocycles. The van der Waals surface area contributed by atoms with Crippen LogP contribution in [-0.4, -0.2) is 22.2 Å². The number of fused-ring (bicyclic) bond motifs is 1. The molecule has 0 N–H and O–H groups in total. The molecule has 1 amide bonds. The Balaban J connectivity index is 1.98. The second kappa shape index (κ2) is 4.24. The molecule has 0 fully saturated rings. The summed E-state index contributed by atoms with van der Waals surface area (Å²) in [5.41, 5.74) is 2.83. The fourth-order valence-electron chi connectivity index (χ4n) is 2.30. The van der Waals surface area contributed by atoms with Crippen LogP contribution in [-0.2, 0) is 13.5 Å². The summed E-state index contributed by atoms with van der Waals surface area (Å²) in [4.78, 5) is 14.2. The largest absolute Gasteiger partial charge is 0.306 e. The highest BCUT2D eigenvalue weighted by Gasteiger charge is 2.26. The molecule has 0 unspecified atom stereocenters. The number of carbonyl (C=O) groups excluding carboxylic acids is 1. The van der Waals surface area contributed by atoms with Crippen molar-refractivity contribution in [3.05, 3.63) is 46.2 Å². The molecule has 2 aromatic rings. The first kappa shape index (κ1) is 11.5. The van der Waals surface area contributed by atoms with E-state index in [-0.39, 0.29) is 5.91 Å². The van der Waals surface area contributed by atoms with E-state index in [4.69, 9.17) is 0 Å². The van der Waals surface area contributed by atoms with Crippen LogP contribution in [0.25, 0.3) is 0 Å². The van der Waals surface area contributed by atoms with Crippen molar-refractivity contribution >= 4 is 27.5 Å². The van der Waals surface area contributed by atoms with E-state index in [2.05, 4.69) is 27.1 Å². The Kier molecular flexibility index (Phi) is 2.70. The second-order valence-electron chi connectivity index (χ2n) is 4.32. The number of benzene rings is 1. The number of aryl methyl sites for hydroxylation is 1. The number of hydrogen-bond donors (Lipinski definition) is 0. The second-order valence-corrected chi connectivity index (χ2v) is 5.24. The Morgan fingerprint density at radius 1 is 1.39 bits per heavy atom. The zero-order valence-corrected chi connectivity index (χ0v) is 11.5. The number of halogens is 1. The normalized spacial score (nSPS) is 13.8. The third-order valence-electron chi connectivity index (χ3n) is 3.22. The van der Waals surface area contributed by atoms with Gasteiger partial charge in [-0.25, -0.2) is 0 Å². The number of nitrogens with zero attached hydrogens (tertiary/aromatic N) is 3. The fraction of sp³-hybridized carbons (Fsp3) is 0.231. The maximum Gasteiger partial charge on any atom is 0.276 e. The summed E-state index contributed by atoms with van der Waals surface area (Å²) in [5.74, 6) is 0.0103. The Labute approximate surface area is 113 Å². The van der Waals surface area contributed by atoms with Crippen molar-refractivity contribution in [3.63, 3.8) is 0 Å². The number of aromatic nitrogens is 2. The minimum absolute atomic E-state index is 0.0103. The Morgan fingerprint density at radius 2 is 2.22 bits per heavy atom. The Hall–Kier alpha value is -1.62. The van der Waals surface area contributed by atoms with Crippen molar-refractivity contribution in [2.45, 2.75) is 6.42 Å². The van der Waals surface area contributed by atoms with E-state index in [0.717, 1.165) is 23.1 Å². The van der Waals surface area contributed by atoms with E-state index in [1.807, 2.05) is 17.0 Å². The van der Waals surface area contributed by atoms with Crippen LogP contribution in [0.15, 0.2) is 34.9 Å². The maximum absolute atomic E-state index is 12.4. The van der Waals surface area contributed by atoms with Gasteiger partial charge in [0.2, 0.25) is 0 Å². The summed E-state index contributed by atoms with van der Waals surface area (Å²) in [6.45, 7) is 0.732. The Bertz CT molecular complexity index is 620. The molecule has 1 aromatic heterocycles. The van der Waals surface area contributed by atoms with Gasteiger partial charge >= 0.3 is 0 Å². The van der Waals surface area contributed by atoms with Crippen LogP contribution in [0.1, 0.15) is 16.1 Å². The summed E-state index contributed by atoms with van der Waals surface area (Å²) < 4.78 is 2.66. The van der Waals surface area contributed by atoms with E-state index in [9.17, 15) is 4.79 Å². The summed E-state index contributed by atoms with van der Waals surface area (Å²) in [6, 6.07) is 7.78. The molecule has 2 heterocycles. The van der Waals surface area contributed by atoms with Gasteiger partial charge in [-0.2, -0.15) is 5.10 Å². The number of carbonyl (C=O) groups is 1. The molecule has 0 atom stereocenters. The molecule has 0 saturated carbocycles. The number of hydrogen-bond acceptors (Lipinski definition) is 2. The molecule has 1 aromatic carbocycles. The van der Waals surface area contributed by atoms with Gasteiger partial charge in [-0.1, -0.05) is 15.9 Å². The van der Waals surface area contributed by atoms with Crippen LogP contribution < -0.4 is 4.90 Å². The molecule has 4 nitrogen and oxygen atoms in total. The predicted molar refractivity (Wildman–Crippen MR) is 72.7 cm³/mol. The standard InChI is InChI=1S/C13H12BrN3O/c1-16-12(4-6-15-16)13(18)17-7-5-9-8-10(14)2-3-11(9)17/h2-4,6,8H,5,7H2,1H3. The van der Waals surface area contributed by atoms with Gasteiger partial charge in [0, 0.05) is 29.9 Å². The molecule has 1 aliphatic rings. The van der Waals surface area contributed by atoms with E-state index in [1.54, 1.807) is 24.0 Å². The van der Waals surface area contributed by atoms with Crippen molar-refractivity contribution in [3.8, 4) is 0 Å². The average Bonchev–Trinajstić information content (AvgIpc) is 2.94. The molecule has 0 radical (unpaired) electrons. The van der Waals surface area contributed by atoms with Gasteiger partial charge in [0.15, 0.2) is 0 Å². The summed E-state index contributed by atoms with van der Waals surface area (Å²) >= 11 is 3.45. The van der Waals surface area contributed by atoms with Crippen molar-refractivity contribution < 1.29 is 4.79 Å². The van der Waals surface area contributed by atoms with E-state index in [1.165, 1.54) is 5.56 Å². The summed E-state index contributed by atoms with van der Waals surface area (Å²) in [7, 11) is 1.78. The van der Waals surface area contributed by atoms with E-state index < -0.39 is 0 Å². The van der Waals surface area contributed by atoms with Gasteiger partial charge in [-0.05, 0) is 36.2 Å². The lowest BCUT2D eigenvalue weighted by molar-refractivity contribution is 0.0980. The highest BCUT2D eigenvalue weighted by atomic mass is 79.9. The molecular formula is C13H12BrN3O. The number of anilines is 1. The molecule has 0 spiro atoms. The van der Waals surface area contributed by atoms with E-state index >= 15 is 0 Å². The van der Waals surface area contributed by atoms with Gasteiger partial charge in [-0.3, -0.25) is 9.48 Å². The first-order chi connectivity index (χ1) is 8.66. The van der Waals surface area contributed by atoms with Gasteiger partial charge in [0.1, 0.15) is 5.69 Å². The van der Waals surface area contributed by atoms with Gasteiger partial charge in [-0.15, -0.1) is 0 Å². The lowest BCUT2D eigenvalue weighted by Crippen LogP contribution is -2.30. The van der Waals surface area contributed by atoms with Crippen LogP contribution in [0.3, 0.4) is 0 Å². The summed E-state index contributed by atoms with van der Waals surface area (Å²) in [5, 5.41) is 4.04. The van der Waals surface area contributed by atoms with Gasteiger partial charge in [0.05, 0.1) is 0 Å². The summed E-state index contributed by atoms with van der Waals surface area (Å²) in [6.07, 6.45) is 2.55. The lowest BCUT2D eigenvalue weighted by Gasteiger charge is -2.17. The highest BCUT2D eigenvalue weighted by molar-refractivity contribution is 9.10. The topological polar surface area (TPSA) is 38.1 Å². The van der Waals surface area contributed by atoms with Crippen molar-refractivity contribution in [2.75, 3.05) is 11.4 Å². The molecule has 92 valence electrons. The van der Waals surface area contributed by atoms with E-state index in [0.29, 0.717) is 5.69 Å². The predicted octanol–water partition coefficient (Wildman–Crippen LogP) is 2.39. The molecule has 0 saturated heterocycles. The zero-order chi connectivity index (χ0) is 12.7. The molecule has 0 bridgehead atoms. The van der Waals surface area contributed by atoms with Crippen LogP contribution in [0.2, 0.25) is 0 Å². The number of amides is 1. The van der Waals surface area contributed by atoms with Crippen molar-refractivity contribution in [1.82, 2.24) is 9.78 Å².